The molecular weight excluding hydrogens is 254 g/mol. The number of nitrogens with one attached hydrogen (secondary N) is 1. The van der Waals surface area contributed by atoms with Crippen molar-refractivity contribution in [2.75, 3.05) is 0 Å². The highest BCUT2D eigenvalue weighted by Crippen LogP contribution is 2.06. The van der Waals surface area contributed by atoms with Crippen molar-refractivity contribution in [2.24, 2.45) is 0 Å². The van der Waals surface area contributed by atoms with Crippen LogP contribution in [0.15, 0.2) is 66.4 Å². The average molecular weight is 269 g/mol. The zero-order chi connectivity index (χ0) is 14.2. The Balaban J connectivity index is 1.97. The monoisotopic (exact) mass is 269 g/mol. The van der Waals surface area contributed by atoms with E-state index in [0.717, 1.165) is 11.1 Å². The summed E-state index contributed by atoms with van der Waals surface area (Å²) in [4.78, 5) is 16.4. The van der Waals surface area contributed by atoms with Gasteiger partial charge in [-0.1, -0.05) is 60.7 Å². The third-order valence-electron chi connectivity index (χ3n) is 2.60. The fraction of sp³-hybridized carbons (Fsp3) is 0.0625. The zero-order valence-corrected chi connectivity index (χ0v) is 10.8. The van der Waals surface area contributed by atoms with Gasteiger partial charge in [-0.25, -0.2) is 4.79 Å². The van der Waals surface area contributed by atoms with Gasteiger partial charge in [-0.15, -0.1) is 0 Å². The number of hydrogen-bond donors (Lipinski definition) is 2. The summed E-state index contributed by atoms with van der Waals surface area (Å²) in [5, 5.41) is 9.12. The van der Waals surface area contributed by atoms with Gasteiger partial charge in [-0.2, -0.15) is 0 Å². The molecule has 2 N–H and O–H groups in total. The highest BCUT2D eigenvalue weighted by Gasteiger charge is 2.07. The van der Waals surface area contributed by atoms with Crippen LogP contribution < -0.4 is 5.48 Å². The summed E-state index contributed by atoms with van der Waals surface area (Å²) in [7, 11) is 0. The van der Waals surface area contributed by atoms with E-state index in [1.165, 1.54) is 6.08 Å². The molecule has 0 spiro atoms. The zero-order valence-electron chi connectivity index (χ0n) is 10.8. The molecule has 0 heterocycles. The summed E-state index contributed by atoms with van der Waals surface area (Å²) >= 11 is 0. The summed E-state index contributed by atoms with van der Waals surface area (Å²) in [6.07, 6.45) is 1.52. The van der Waals surface area contributed by atoms with Gasteiger partial charge in [0.15, 0.2) is 0 Å². The van der Waals surface area contributed by atoms with Gasteiger partial charge in [-0.05, 0) is 17.2 Å². The summed E-state index contributed by atoms with van der Waals surface area (Å²) in [5.74, 6) is -1.07. The summed E-state index contributed by atoms with van der Waals surface area (Å²) in [5.41, 5.74) is 4.23. The molecule has 0 atom stereocenters. The maximum absolute atomic E-state index is 11.1. The Labute approximate surface area is 117 Å². The lowest BCUT2D eigenvalue weighted by atomic mass is 10.2. The van der Waals surface area contributed by atoms with E-state index >= 15 is 0 Å². The number of carboxylic acids is 1. The van der Waals surface area contributed by atoms with E-state index < -0.39 is 5.97 Å². The van der Waals surface area contributed by atoms with E-state index in [0.29, 0.717) is 6.61 Å². The van der Waals surface area contributed by atoms with Crippen molar-refractivity contribution >= 4 is 12.0 Å². The Bertz CT molecular complexity index is 579. The van der Waals surface area contributed by atoms with Crippen LogP contribution in [-0.4, -0.2) is 11.1 Å². The first-order chi connectivity index (χ1) is 9.75. The van der Waals surface area contributed by atoms with Crippen LogP contribution in [0.4, 0.5) is 0 Å². The average Bonchev–Trinajstić information content (AvgIpc) is 2.48. The smallest absolute Gasteiger partial charge is 0.354 e. The van der Waals surface area contributed by atoms with Crippen LogP contribution in [0.2, 0.25) is 0 Å². The van der Waals surface area contributed by atoms with Crippen LogP contribution in [0, 0.1) is 0 Å². The molecule has 0 fully saturated rings. The molecule has 0 amide bonds. The van der Waals surface area contributed by atoms with Crippen molar-refractivity contribution in [3.05, 3.63) is 77.5 Å². The van der Waals surface area contributed by atoms with Crippen LogP contribution >= 0.6 is 0 Å². The van der Waals surface area contributed by atoms with E-state index in [1.807, 2.05) is 60.7 Å². The molecule has 0 aliphatic heterocycles. The second kappa shape index (κ2) is 7.11. The molecule has 0 aromatic heterocycles. The van der Waals surface area contributed by atoms with Gasteiger partial charge in [0.25, 0.3) is 0 Å². The van der Waals surface area contributed by atoms with Gasteiger partial charge >= 0.3 is 5.97 Å². The van der Waals surface area contributed by atoms with Crippen molar-refractivity contribution in [3.8, 4) is 0 Å². The van der Waals surface area contributed by atoms with Crippen LogP contribution in [0.3, 0.4) is 0 Å². The minimum absolute atomic E-state index is 0.00729. The first-order valence-electron chi connectivity index (χ1n) is 6.17. The number of aliphatic carboxylic acids is 1. The Morgan fingerprint density at radius 3 is 2.25 bits per heavy atom. The molecule has 0 aliphatic carbocycles. The number of benzene rings is 2. The molecule has 4 nitrogen and oxygen atoms in total. The van der Waals surface area contributed by atoms with Crippen LogP contribution in [0.25, 0.3) is 6.08 Å². The van der Waals surface area contributed by atoms with E-state index in [9.17, 15) is 4.79 Å². The molecule has 2 rings (SSSR count). The maximum atomic E-state index is 11.1. The molecule has 4 heteroatoms. The lowest BCUT2D eigenvalue weighted by Gasteiger charge is -2.07. The molecule has 0 aliphatic rings. The predicted molar refractivity (Wildman–Crippen MR) is 76.4 cm³/mol. The van der Waals surface area contributed by atoms with E-state index in [2.05, 4.69) is 5.48 Å². The molecule has 0 radical (unpaired) electrons. The Morgan fingerprint density at radius 2 is 1.65 bits per heavy atom. The fourth-order valence-electron chi connectivity index (χ4n) is 1.62. The quantitative estimate of drug-likeness (QED) is 0.625. The minimum atomic E-state index is -1.07. The van der Waals surface area contributed by atoms with Crippen molar-refractivity contribution in [1.29, 1.82) is 0 Å². The molecule has 20 heavy (non-hydrogen) atoms. The van der Waals surface area contributed by atoms with Crippen molar-refractivity contribution in [1.82, 2.24) is 5.48 Å². The molecule has 102 valence electrons. The fourth-order valence-corrected chi connectivity index (χ4v) is 1.62. The maximum Gasteiger partial charge on any atom is 0.354 e. The topological polar surface area (TPSA) is 58.6 Å². The Morgan fingerprint density at radius 1 is 1.05 bits per heavy atom. The largest absolute Gasteiger partial charge is 0.477 e. The number of hydroxylamine groups is 1. The van der Waals surface area contributed by atoms with E-state index in [-0.39, 0.29) is 5.70 Å². The minimum Gasteiger partial charge on any atom is -0.477 e. The van der Waals surface area contributed by atoms with E-state index in [1.54, 1.807) is 0 Å². The molecule has 0 saturated carbocycles. The third kappa shape index (κ3) is 4.26. The van der Waals surface area contributed by atoms with Crippen molar-refractivity contribution < 1.29 is 14.7 Å². The van der Waals surface area contributed by atoms with Gasteiger partial charge in [0, 0.05) is 0 Å². The van der Waals surface area contributed by atoms with Gasteiger partial charge < -0.3 is 5.11 Å². The van der Waals surface area contributed by atoms with Crippen LogP contribution in [0.1, 0.15) is 11.1 Å². The molecular formula is C16H15NO3. The number of carbonyl (C=O) groups is 1. The molecule has 0 saturated heterocycles. The van der Waals surface area contributed by atoms with Gasteiger partial charge in [-0.3, -0.25) is 10.3 Å². The first kappa shape index (κ1) is 13.8. The summed E-state index contributed by atoms with van der Waals surface area (Å²) < 4.78 is 0. The van der Waals surface area contributed by atoms with Gasteiger partial charge in [0.05, 0.1) is 6.61 Å². The number of rotatable bonds is 6. The molecule has 0 unspecified atom stereocenters. The number of hydrogen-bond acceptors (Lipinski definition) is 3. The highest BCUT2D eigenvalue weighted by atomic mass is 16.6. The lowest BCUT2D eigenvalue weighted by Crippen LogP contribution is -2.20. The normalized spacial score (nSPS) is 11.1. The second-order valence-electron chi connectivity index (χ2n) is 4.15. The van der Waals surface area contributed by atoms with Crippen LogP contribution in [0.5, 0.6) is 0 Å². The Kier molecular flexibility index (Phi) is 4.92. The predicted octanol–water partition coefficient (Wildman–Crippen LogP) is 2.83. The Hall–Kier alpha value is -2.59. The van der Waals surface area contributed by atoms with Crippen molar-refractivity contribution in [3.63, 3.8) is 0 Å². The number of carboxylic acid groups (broad SMARTS) is 1. The standard InChI is InChI=1S/C16H15NO3/c18-16(19)15(11-13-7-3-1-4-8-13)17-20-12-14-9-5-2-6-10-14/h1-11,17H,12H2,(H,18,19). The SMILES string of the molecule is O=C(O)C(=Cc1ccccc1)NOCc1ccccc1. The van der Waals surface area contributed by atoms with E-state index in [4.69, 9.17) is 9.94 Å². The molecule has 0 bridgehead atoms. The third-order valence-corrected chi connectivity index (χ3v) is 2.60. The second-order valence-corrected chi connectivity index (χ2v) is 4.15. The van der Waals surface area contributed by atoms with Gasteiger partial charge in [0.1, 0.15) is 5.70 Å². The van der Waals surface area contributed by atoms with Gasteiger partial charge in [0.2, 0.25) is 0 Å². The molecule has 2 aromatic carbocycles. The summed E-state index contributed by atoms with van der Waals surface area (Å²) in [6, 6.07) is 18.7. The first-order valence-corrected chi connectivity index (χ1v) is 6.17. The summed E-state index contributed by atoms with van der Waals surface area (Å²) in [6.45, 7) is 0.292. The van der Waals surface area contributed by atoms with Crippen LogP contribution in [-0.2, 0) is 16.2 Å². The lowest BCUT2D eigenvalue weighted by molar-refractivity contribution is -0.134. The highest BCUT2D eigenvalue weighted by molar-refractivity contribution is 5.91. The van der Waals surface area contributed by atoms with Crippen molar-refractivity contribution in [2.45, 2.75) is 6.61 Å². The molecule has 2 aromatic rings.